The number of halogens is 2. The predicted octanol–water partition coefficient (Wildman–Crippen LogP) is 4.36. The lowest BCUT2D eigenvalue weighted by atomic mass is 10.1. The van der Waals surface area contributed by atoms with Gasteiger partial charge in [-0.1, -0.05) is 13.8 Å². The molecule has 0 aliphatic rings. The standard InChI is InChI=1S/C15H17FIN3/c1-8(2)13-12(17)15(18-4)20-14(19-13)10-5-6-11(16)9(3)7-10/h5-8H,1-4H3,(H,18,19,20). The van der Waals surface area contributed by atoms with E-state index >= 15 is 0 Å². The van der Waals surface area contributed by atoms with Crippen molar-refractivity contribution in [2.45, 2.75) is 26.7 Å². The van der Waals surface area contributed by atoms with Gasteiger partial charge < -0.3 is 5.32 Å². The number of rotatable bonds is 3. The largest absolute Gasteiger partial charge is 0.372 e. The van der Waals surface area contributed by atoms with E-state index in [2.05, 4.69) is 51.7 Å². The van der Waals surface area contributed by atoms with Crippen LogP contribution in [0.25, 0.3) is 11.4 Å². The summed E-state index contributed by atoms with van der Waals surface area (Å²) in [7, 11) is 1.84. The zero-order chi connectivity index (χ0) is 14.9. The van der Waals surface area contributed by atoms with Crippen molar-refractivity contribution < 1.29 is 4.39 Å². The van der Waals surface area contributed by atoms with E-state index in [-0.39, 0.29) is 5.82 Å². The van der Waals surface area contributed by atoms with Crippen molar-refractivity contribution in [3.63, 3.8) is 0 Å². The van der Waals surface area contributed by atoms with Crippen LogP contribution >= 0.6 is 22.6 Å². The summed E-state index contributed by atoms with van der Waals surface area (Å²) in [5.74, 6) is 1.53. The Morgan fingerprint density at radius 3 is 2.50 bits per heavy atom. The molecular formula is C15H17FIN3. The normalized spacial score (nSPS) is 10.9. The first-order chi connectivity index (χ1) is 9.43. The minimum Gasteiger partial charge on any atom is -0.372 e. The van der Waals surface area contributed by atoms with E-state index in [1.54, 1.807) is 19.1 Å². The van der Waals surface area contributed by atoms with Crippen LogP contribution < -0.4 is 5.32 Å². The van der Waals surface area contributed by atoms with Gasteiger partial charge in [-0.3, -0.25) is 0 Å². The molecule has 0 bridgehead atoms. The molecule has 0 atom stereocenters. The highest BCUT2D eigenvalue weighted by Crippen LogP contribution is 2.28. The maximum Gasteiger partial charge on any atom is 0.161 e. The Hall–Kier alpha value is -1.24. The molecule has 5 heteroatoms. The number of hydrogen-bond donors (Lipinski definition) is 1. The highest BCUT2D eigenvalue weighted by molar-refractivity contribution is 14.1. The number of aryl methyl sites for hydroxylation is 1. The number of nitrogens with zero attached hydrogens (tertiary/aromatic N) is 2. The Morgan fingerprint density at radius 2 is 1.95 bits per heavy atom. The van der Waals surface area contributed by atoms with Crippen LogP contribution in [0, 0.1) is 16.3 Å². The van der Waals surface area contributed by atoms with Crippen LogP contribution in [0.5, 0.6) is 0 Å². The first-order valence-corrected chi connectivity index (χ1v) is 7.53. The third kappa shape index (κ3) is 2.92. The summed E-state index contributed by atoms with van der Waals surface area (Å²) in [6.07, 6.45) is 0. The summed E-state index contributed by atoms with van der Waals surface area (Å²) in [6.45, 7) is 5.95. The van der Waals surface area contributed by atoms with Crippen LogP contribution in [0.2, 0.25) is 0 Å². The summed E-state index contributed by atoms with van der Waals surface area (Å²) in [6, 6.07) is 4.95. The van der Waals surface area contributed by atoms with E-state index in [1.807, 2.05) is 7.05 Å². The molecule has 0 amide bonds. The molecule has 0 radical (unpaired) electrons. The lowest BCUT2D eigenvalue weighted by Crippen LogP contribution is -2.06. The second-order valence-electron chi connectivity index (χ2n) is 4.96. The molecule has 0 saturated heterocycles. The Kier molecular flexibility index (Phi) is 4.57. The molecule has 1 heterocycles. The van der Waals surface area contributed by atoms with Gasteiger partial charge >= 0.3 is 0 Å². The molecule has 0 saturated carbocycles. The Labute approximate surface area is 132 Å². The van der Waals surface area contributed by atoms with Gasteiger partial charge in [0, 0.05) is 12.6 Å². The van der Waals surface area contributed by atoms with Gasteiger partial charge in [0.25, 0.3) is 0 Å². The van der Waals surface area contributed by atoms with Gasteiger partial charge in [0.2, 0.25) is 0 Å². The summed E-state index contributed by atoms with van der Waals surface area (Å²) >= 11 is 2.26. The molecule has 0 fully saturated rings. The summed E-state index contributed by atoms with van der Waals surface area (Å²) < 4.78 is 14.4. The molecule has 1 aromatic carbocycles. The molecule has 0 unspecified atom stereocenters. The first kappa shape index (κ1) is 15.2. The lowest BCUT2D eigenvalue weighted by Gasteiger charge is -2.13. The molecule has 1 N–H and O–H groups in total. The van der Waals surface area contributed by atoms with E-state index in [0.717, 1.165) is 20.6 Å². The van der Waals surface area contributed by atoms with Crippen LogP contribution in [-0.2, 0) is 0 Å². The van der Waals surface area contributed by atoms with Crippen molar-refractivity contribution in [3.8, 4) is 11.4 Å². The number of hydrogen-bond acceptors (Lipinski definition) is 3. The van der Waals surface area contributed by atoms with Crippen molar-refractivity contribution in [2.24, 2.45) is 0 Å². The quantitative estimate of drug-likeness (QED) is 0.798. The zero-order valence-corrected chi connectivity index (χ0v) is 14.1. The van der Waals surface area contributed by atoms with Crippen LogP contribution in [0.4, 0.5) is 10.2 Å². The van der Waals surface area contributed by atoms with Crippen LogP contribution in [0.3, 0.4) is 0 Å². The molecule has 0 aliphatic heterocycles. The molecule has 0 spiro atoms. The Bertz CT molecular complexity index is 641. The minimum atomic E-state index is -0.211. The molecule has 1 aromatic heterocycles. The van der Waals surface area contributed by atoms with Crippen molar-refractivity contribution in [2.75, 3.05) is 12.4 Å². The molecule has 2 aromatic rings. The highest BCUT2D eigenvalue weighted by atomic mass is 127. The molecule has 0 aliphatic carbocycles. The highest BCUT2D eigenvalue weighted by Gasteiger charge is 2.15. The smallest absolute Gasteiger partial charge is 0.161 e. The average molecular weight is 385 g/mol. The second-order valence-corrected chi connectivity index (χ2v) is 6.04. The fourth-order valence-corrected chi connectivity index (χ4v) is 3.06. The van der Waals surface area contributed by atoms with E-state index in [0.29, 0.717) is 17.3 Å². The zero-order valence-electron chi connectivity index (χ0n) is 12.0. The Morgan fingerprint density at radius 1 is 1.25 bits per heavy atom. The number of anilines is 1. The lowest BCUT2D eigenvalue weighted by molar-refractivity contribution is 0.618. The SMILES string of the molecule is CNc1nc(-c2ccc(F)c(C)c2)nc(C(C)C)c1I. The third-order valence-electron chi connectivity index (χ3n) is 3.08. The maximum atomic E-state index is 13.4. The average Bonchev–Trinajstić information content (AvgIpc) is 2.42. The van der Waals surface area contributed by atoms with E-state index in [1.165, 1.54) is 6.07 Å². The first-order valence-electron chi connectivity index (χ1n) is 6.45. The summed E-state index contributed by atoms with van der Waals surface area (Å²) in [4.78, 5) is 9.16. The van der Waals surface area contributed by atoms with Gasteiger partial charge in [0.15, 0.2) is 5.82 Å². The van der Waals surface area contributed by atoms with Gasteiger partial charge in [0.1, 0.15) is 11.6 Å². The number of benzene rings is 1. The van der Waals surface area contributed by atoms with Gasteiger partial charge in [-0.15, -0.1) is 0 Å². The molecule has 2 rings (SSSR count). The number of aromatic nitrogens is 2. The van der Waals surface area contributed by atoms with Crippen molar-refractivity contribution >= 4 is 28.4 Å². The molecular weight excluding hydrogens is 368 g/mol. The van der Waals surface area contributed by atoms with Crippen LogP contribution in [0.15, 0.2) is 18.2 Å². The monoisotopic (exact) mass is 385 g/mol. The summed E-state index contributed by atoms with van der Waals surface area (Å²) in [5, 5.41) is 3.09. The van der Waals surface area contributed by atoms with Crippen LogP contribution in [0.1, 0.15) is 31.0 Å². The van der Waals surface area contributed by atoms with Gasteiger partial charge in [-0.2, -0.15) is 0 Å². The topological polar surface area (TPSA) is 37.8 Å². The van der Waals surface area contributed by atoms with E-state index in [4.69, 9.17) is 0 Å². The van der Waals surface area contributed by atoms with Crippen molar-refractivity contribution in [1.82, 2.24) is 9.97 Å². The minimum absolute atomic E-state index is 0.211. The Balaban J connectivity index is 2.61. The van der Waals surface area contributed by atoms with Gasteiger partial charge in [0.05, 0.1) is 9.26 Å². The summed E-state index contributed by atoms with van der Waals surface area (Å²) in [5.41, 5.74) is 2.43. The molecule has 3 nitrogen and oxygen atoms in total. The fourth-order valence-electron chi connectivity index (χ4n) is 1.93. The van der Waals surface area contributed by atoms with Crippen molar-refractivity contribution in [3.05, 3.63) is 38.8 Å². The van der Waals surface area contributed by atoms with Gasteiger partial charge in [-0.25, -0.2) is 14.4 Å². The van der Waals surface area contributed by atoms with E-state index < -0.39 is 0 Å². The predicted molar refractivity (Wildman–Crippen MR) is 88.5 cm³/mol. The maximum absolute atomic E-state index is 13.4. The van der Waals surface area contributed by atoms with E-state index in [9.17, 15) is 4.39 Å². The fraction of sp³-hybridized carbons (Fsp3) is 0.333. The van der Waals surface area contributed by atoms with Gasteiger partial charge in [-0.05, 0) is 59.2 Å². The van der Waals surface area contributed by atoms with Crippen LogP contribution in [-0.4, -0.2) is 17.0 Å². The molecule has 20 heavy (non-hydrogen) atoms. The third-order valence-corrected chi connectivity index (χ3v) is 4.14. The second kappa shape index (κ2) is 6.03. The van der Waals surface area contributed by atoms with Crippen molar-refractivity contribution in [1.29, 1.82) is 0 Å². The molecule has 106 valence electrons. The number of nitrogens with one attached hydrogen (secondary N) is 1.